The molecule has 3 aromatic carbocycles. The third kappa shape index (κ3) is 4.65. The van der Waals surface area contributed by atoms with E-state index in [1.54, 1.807) is 24.3 Å². The lowest BCUT2D eigenvalue weighted by Gasteiger charge is -2.18. The number of carbonyl (C=O) groups excluding carboxylic acids is 1. The molecule has 0 atom stereocenters. The van der Waals surface area contributed by atoms with Gasteiger partial charge in [0.15, 0.2) is 0 Å². The molecule has 0 N–H and O–H groups in total. The molecule has 0 spiro atoms. The van der Waals surface area contributed by atoms with E-state index < -0.39 is 5.97 Å². The van der Waals surface area contributed by atoms with Crippen molar-refractivity contribution in [3.8, 4) is 45.8 Å². The number of carbonyl (C=O) groups is 1. The van der Waals surface area contributed by atoms with Crippen LogP contribution in [0.2, 0.25) is 0 Å². The molecule has 8 nitrogen and oxygen atoms in total. The minimum Gasteiger partial charge on any atom is -0.465 e. The van der Waals surface area contributed by atoms with Gasteiger partial charge in [0.2, 0.25) is 23.6 Å². The van der Waals surface area contributed by atoms with Gasteiger partial charge in [-0.2, -0.15) is 0 Å². The van der Waals surface area contributed by atoms with E-state index in [0.717, 1.165) is 16.7 Å². The Balaban J connectivity index is 1.32. The Morgan fingerprint density at radius 3 is 1.28 bits per heavy atom. The number of ether oxygens (including phenoxy) is 1. The number of benzene rings is 3. The first-order chi connectivity index (χ1) is 17.3. The number of hydrogen-bond acceptors (Lipinski definition) is 8. The molecular weight excluding hydrogens is 456 g/mol. The third-order valence-electron chi connectivity index (χ3n) is 5.78. The van der Waals surface area contributed by atoms with Crippen LogP contribution in [0.3, 0.4) is 0 Å². The Hall–Kier alpha value is -4.59. The molecular formula is C28H24N4O4. The van der Waals surface area contributed by atoms with Crippen LogP contribution in [0.15, 0.2) is 81.6 Å². The van der Waals surface area contributed by atoms with Gasteiger partial charge in [-0.3, -0.25) is 0 Å². The lowest BCUT2D eigenvalue weighted by Crippen LogP contribution is -2.10. The van der Waals surface area contributed by atoms with E-state index >= 15 is 0 Å². The maximum absolute atomic E-state index is 11.6. The smallest absolute Gasteiger partial charge is 0.337 e. The fourth-order valence-electron chi connectivity index (χ4n) is 3.65. The van der Waals surface area contributed by atoms with E-state index in [1.165, 1.54) is 12.7 Å². The van der Waals surface area contributed by atoms with Crippen LogP contribution in [0.25, 0.3) is 45.8 Å². The summed E-state index contributed by atoms with van der Waals surface area (Å²) in [5, 5.41) is 16.7. The summed E-state index contributed by atoms with van der Waals surface area (Å²) in [6.07, 6.45) is 0. The van der Waals surface area contributed by atoms with Crippen molar-refractivity contribution in [3.63, 3.8) is 0 Å². The zero-order valence-corrected chi connectivity index (χ0v) is 20.4. The van der Waals surface area contributed by atoms with Crippen LogP contribution < -0.4 is 0 Å². The van der Waals surface area contributed by atoms with Crippen LogP contribution in [-0.2, 0) is 10.2 Å². The van der Waals surface area contributed by atoms with Crippen molar-refractivity contribution in [2.45, 2.75) is 26.2 Å². The minimum absolute atomic E-state index is 0.0779. The zero-order valence-electron chi connectivity index (χ0n) is 20.4. The average Bonchev–Trinajstić information content (AvgIpc) is 3.59. The Morgan fingerprint density at radius 2 is 0.944 bits per heavy atom. The van der Waals surface area contributed by atoms with Gasteiger partial charge >= 0.3 is 5.97 Å². The fourth-order valence-corrected chi connectivity index (χ4v) is 3.65. The van der Waals surface area contributed by atoms with E-state index in [4.69, 9.17) is 13.6 Å². The Morgan fingerprint density at radius 1 is 0.611 bits per heavy atom. The monoisotopic (exact) mass is 480 g/mol. The van der Waals surface area contributed by atoms with E-state index in [2.05, 4.69) is 53.3 Å². The number of rotatable bonds is 5. The number of hydrogen-bond donors (Lipinski definition) is 0. The summed E-state index contributed by atoms with van der Waals surface area (Å²) in [4.78, 5) is 11.6. The van der Waals surface area contributed by atoms with Gasteiger partial charge in [-0.1, -0.05) is 32.9 Å². The van der Waals surface area contributed by atoms with Crippen LogP contribution in [0.5, 0.6) is 0 Å². The number of nitrogens with zero attached hydrogens (tertiary/aromatic N) is 4. The molecule has 0 aliphatic carbocycles. The summed E-state index contributed by atoms with van der Waals surface area (Å²) >= 11 is 0. The zero-order chi connectivity index (χ0) is 25.3. The number of aromatic nitrogens is 4. The summed E-state index contributed by atoms with van der Waals surface area (Å²) in [5.41, 5.74) is 4.87. The Labute approximate surface area is 208 Å². The van der Waals surface area contributed by atoms with Crippen molar-refractivity contribution in [1.82, 2.24) is 20.4 Å². The van der Waals surface area contributed by atoms with Crippen molar-refractivity contribution in [2.75, 3.05) is 7.11 Å². The predicted molar refractivity (Wildman–Crippen MR) is 134 cm³/mol. The molecule has 2 aromatic heterocycles. The summed E-state index contributed by atoms with van der Waals surface area (Å²) in [6.45, 7) is 6.53. The van der Waals surface area contributed by atoms with Crippen LogP contribution >= 0.6 is 0 Å². The molecule has 0 radical (unpaired) electrons. The van der Waals surface area contributed by atoms with Gasteiger partial charge in [-0.05, 0) is 71.6 Å². The van der Waals surface area contributed by atoms with Gasteiger partial charge < -0.3 is 13.6 Å². The highest BCUT2D eigenvalue weighted by Crippen LogP contribution is 2.29. The normalized spacial score (nSPS) is 11.4. The first kappa shape index (κ1) is 23.2. The fraction of sp³-hybridized carbons (Fsp3) is 0.179. The molecule has 180 valence electrons. The van der Waals surface area contributed by atoms with Gasteiger partial charge in [0.25, 0.3) is 0 Å². The molecule has 2 heterocycles. The Bertz CT molecular complexity index is 1490. The van der Waals surface area contributed by atoms with Gasteiger partial charge in [0.05, 0.1) is 12.7 Å². The standard InChI is InChI=1S/C28H24N4O4/c1-28(2,3)22-15-13-20(14-16-22)26-32-30-24(36-26)18-7-5-17(6-8-18)23-29-31-25(35-23)19-9-11-21(12-10-19)27(33)34-4/h5-16H,1-4H3. The molecule has 0 saturated carbocycles. The van der Waals surface area contributed by atoms with E-state index in [9.17, 15) is 4.79 Å². The maximum atomic E-state index is 11.6. The van der Waals surface area contributed by atoms with Crippen molar-refractivity contribution in [2.24, 2.45) is 0 Å². The van der Waals surface area contributed by atoms with Gasteiger partial charge in [0, 0.05) is 22.3 Å². The molecule has 0 bridgehead atoms. The van der Waals surface area contributed by atoms with Gasteiger partial charge in [-0.15, -0.1) is 20.4 Å². The molecule has 36 heavy (non-hydrogen) atoms. The molecule has 5 aromatic rings. The lowest BCUT2D eigenvalue weighted by atomic mass is 9.87. The summed E-state index contributed by atoms with van der Waals surface area (Å²) in [6, 6.07) is 22.4. The molecule has 0 amide bonds. The van der Waals surface area contributed by atoms with Crippen LogP contribution in [0.1, 0.15) is 36.7 Å². The van der Waals surface area contributed by atoms with Gasteiger partial charge in [0.1, 0.15) is 0 Å². The molecule has 5 rings (SSSR count). The topological polar surface area (TPSA) is 104 Å². The molecule has 0 aliphatic heterocycles. The van der Waals surface area contributed by atoms with Crippen molar-refractivity contribution in [3.05, 3.63) is 83.9 Å². The van der Waals surface area contributed by atoms with E-state index in [1.807, 2.05) is 36.4 Å². The second-order valence-corrected chi connectivity index (χ2v) is 9.30. The van der Waals surface area contributed by atoms with Crippen LogP contribution in [0.4, 0.5) is 0 Å². The minimum atomic E-state index is -0.403. The first-order valence-corrected chi connectivity index (χ1v) is 11.4. The Kier molecular flexibility index (Phi) is 5.93. The van der Waals surface area contributed by atoms with Crippen LogP contribution in [0, 0.1) is 0 Å². The quantitative estimate of drug-likeness (QED) is 0.274. The van der Waals surface area contributed by atoms with E-state index in [0.29, 0.717) is 34.7 Å². The van der Waals surface area contributed by atoms with Gasteiger partial charge in [-0.25, -0.2) is 4.79 Å². The van der Waals surface area contributed by atoms with Crippen LogP contribution in [-0.4, -0.2) is 33.5 Å². The molecule has 8 heteroatoms. The summed E-state index contributed by atoms with van der Waals surface area (Å²) in [5.74, 6) is 1.21. The summed E-state index contributed by atoms with van der Waals surface area (Å²) in [7, 11) is 1.34. The van der Waals surface area contributed by atoms with E-state index in [-0.39, 0.29) is 5.41 Å². The third-order valence-corrected chi connectivity index (χ3v) is 5.78. The molecule has 0 aliphatic rings. The second-order valence-electron chi connectivity index (χ2n) is 9.30. The first-order valence-electron chi connectivity index (χ1n) is 11.4. The average molecular weight is 481 g/mol. The number of methoxy groups -OCH3 is 1. The number of esters is 1. The largest absolute Gasteiger partial charge is 0.465 e. The van der Waals surface area contributed by atoms with Crippen molar-refractivity contribution < 1.29 is 18.4 Å². The molecule has 0 fully saturated rings. The summed E-state index contributed by atoms with van der Waals surface area (Å²) < 4.78 is 16.5. The van der Waals surface area contributed by atoms with Crippen molar-refractivity contribution in [1.29, 1.82) is 0 Å². The highest BCUT2D eigenvalue weighted by molar-refractivity contribution is 5.89. The molecule has 0 unspecified atom stereocenters. The highest BCUT2D eigenvalue weighted by atomic mass is 16.5. The second kappa shape index (κ2) is 9.22. The SMILES string of the molecule is COC(=O)c1ccc(-c2nnc(-c3ccc(-c4nnc(-c5ccc(C(C)(C)C)cc5)o4)cc3)o2)cc1. The molecule has 0 saturated heterocycles. The maximum Gasteiger partial charge on any atom is 0.337 e. The lowest BCUT2D eigenvalue weighted by molar-refractivity contribution is 0.0600. The highest BCUT2D eigenvalue weighted by Gasteiger charge is 2.16. The predicted octanol–water partition coefficient (Wildman–Crippen LogP) is 6.20. The van der Waals surface area contributed by atoms with Crippen molar-refractivity contribution >= 4 is 5.97 Å².